The molecule has 0 N–H and O–H groups in total. The third-order valence-electron chi connectivity index (χ3n) is 4.51. The highest BCUT2D eigenvalue weighted by Gasteiger charge is 2.25. The summed E-state index contributed by atoms with van der Waals surface area (Å²) in [5, 5.41) is 0.579. The second-order valence-corrected chi connectivity index (χ2v) is 6.84. The average molecular weight is 417 g/mol. The molecule has 2 aromatic rings. The van der Waals surface area contributed by atoms with Gasteiger partial charge in [-0.1, -0.05) is 11.6 Å². The van der Waals surface area contributed by atoms with Gasteiger partial charge in [0.2, 0.25) is 0 Å². The fourth-order valence-electron chi connectivity index (χ4n) is 2.98. The van der Waals surface area contributed by atoms with E-state index >= 15 is 0 Å². The lowest BCUT2D eigenvalue weighted by molar-refractivity contribution is 0.0535. The van der Waals surface area contributed by atoms with Crippen molar-refractivity contribution in [2.24, 2.45) is 0 Å². The second kappa shape index (κ2) is 9.43. The van der Waals surface area contributed by atoms with Gasteiger partial charge in [-0.2, -0.15) is 0 Å². The fraction of sp³-hybridized carbons (Fsp3) is 0.286. The quantitative estimate of drug-likeness (QED) is 0.563. The Hall–Kier alpha value is -3.06. The van der Waals surface area contributed by atoms with Crippen LogP contribution >= 0.6 is 11.6 Å². The predicted octanol–water partition coefficient (Wildman–Crippen LogP) is 3.47. The molecule has 2 aromatic carbocycles. The van der Waals surface area contributed by atoms with Gasteiger partial charge in [-0.3, -0.25) is 9.59 Å². The lowest BCUT2D eigenvalue weighted by Crippen LogP contribution is -2.50. The van der Waals surface area contributed by atoms with Crippen LogP contribution in [0.25, 0.3) is 0 Å². The van der Waals surface area contributed by atoms with Gasteiger partial charge in [-0.05, 0) is 55.5 Å². The first-order chi connectivity index (χ1) is 14.0. The van der Waals surface area contributed by atoms with Crippen molar-refractivity contribution in [3.05, 3.63) is 64.7 Å². The van der Waals surface area contributed by atoms with E-state index in [0.29, 0.717) is 48.1 Å². The normalized spacial score (nSPS) is 13.7. The zero-order valence-corrected chi connectivity index (χ0v) is 16.7. The number of ether oxygens (including phenoxy) is 2. The number of amides is 2. The maximum Gasteiger partial charge on any atom is 0.513 e. The Morgan fingerprint density at radius 3 is 1.72 bits per heavy atom. The van der Waals surface area contributed by atoms with Crippen molar-refractivity contribution in [2.75, 3.05) is 32.8 Å². The highest BCUT2D eigenvalue weighted by atomic mass is 35.5. The van der Waals surface area contributed by atoms with E-state index < -0.39 is 6.16 Å². The number of rotatable bonds is 4. The number of nitrogens with zero attached hydrogens (tertiary/aromatic N) is 2. The Morgan fingerprint density at radius 1 is 0.828 bits per heavy atom. The molecule has 0 aliphatic carbocycles. The van der Waals surface area contributed by atoms with Crippen molar-refractivity contribution in [2.45, 2.75) is 6.92 Å². The predicted molar refractivity (Wildman–Crippen MR) is 107 cm³/mol. The van der Waals surface area contributed by atoms with Crippen LogP contribution in [0.5, 0.6) is 5.75 Å². The van der Waals surface area contributed by atoms with Gasteiger partial charge >= 0.3 is 6.16 Å². The second-order valence-electron chi connectivity index (χ2n) is 6.40. The van der Waals surface area contributed by atoms with E-state index in [1.54, 1.807) is 65.3 Å². The maximum atomic E-state index is 12.7. The van der Waals surface area contributed by atoms with Crippen LogP contribution in [-0.4, -0.2) is 60.6 Å². The fourth-order valence-corrected chi connectivity index (χ4v) is 3.11. The lowest BCUT2D eigenvalue weighted by atomic mass is 10.1. The van der Waals surface area contributed by atoms with Crippen LogP contribution in [0.2, 0.25) is 5.02 Å². The van der Waals surface area contributed by atoms with E-state index in [1.165, 1.54) is 0 Å². The Kier molecular flexibility index (Phi) is 6.72. The van der Waals surface area contributed by atoms with E-state index in [9.17, 15) is 14.4 Å². The summed E-state index contributed by atoms with van der Waals surface area (Å²) in [5.41, 5.74) is 1.06. The van der Waals surface area contributed by atoms with Gasteiger partial charge in [0.05, 0.1) is 6.61 Å². The Balaban J connectivity index is 1.55. The Morgan fingerprint density at radius 2 is 1.28 bits per heavy atom. The first-order valence-corrected chi connectivity index (χ1v) is 9.64. The molecule has 1 heterocycles. The topological polar surface area (TPSA) is 76.2 Å². The minimum absolute atomic E-state index is 0.0748. The highest BCUT2D eigenvalue weighted by Crippen LogP contribution is 2.17. The molecule has 0 atom stereocenters. The number of piperazine rings is 1. The van der Waals surface area contributed by atoms with E-state index in [-0.39, 0.29) is 18.4 Å². The van der Waals surface area contributed by atoms with Gasteiger partial charge in [-0.25, -0.2) is 4.79 Å². The van der Waals surface area contributed by atoms with Crippen LogP contribution in [0.4, 0.5) is 4.79 Å². The zero-order valence-electron chi connectivity index (χ0n) is 16.0. The van der Waals surface area contributed by atoms with E-state index in [1.807, 2.05) is 0 Å². The molecule has 0 spiro atoms. The van der Waals surface area contributed by atoms with Crippen molar-refractivity contribution in [3.8, 4) is 5.75 Å². The highest BCUT2D eigenvalue weighted by molar-refractivity contribution is 6.30. The third-order valence-corrected chi connectivity index (χ3v) is 4.76. The Labute approximate surface area is 173 Å². The van der Waals surface area contributed by atoms with Crippen molar-refractivity contribution in [1.82, 2.24) is 9.80 Å². The average Bonchev–Trinajstić information content (AvgIpc) is 2.74. The smallest absolute Gasteiger partial charge is 0.434 e. The van der Waals surface area contributed by atoms with Crippen molar-refractivity contribution in [1.29, 1.82) is 0 Å². The van der Waals surface area contributed by atoms with Gasteiger partial charge in [0.15, 0.2) is 0 Å². The van der Waals surface area contributed by atoms with Crippen LogP contribution in [0.1, 0.15) is 27.6 Å². The monoisotopic (exact) mass is 416 g/mol. The molecule has 2 amide bonds. The van der Waals surface area contributed by atoms with Gasteiger partial charge in [0, 0.05) is 42.3 Å². The van der Waals surface area contributed by atoms with Crippen LogP contribution in [-0.2, 0) is 4.74 Å². The molecule has 0 bridgehead atoms. The molecule has 0 radical (unpaired) electrons. The molecule has 29 heavy (non-hydrogen) atoms. The molecular formula is C21H21ClN2O5. The minimum Gasteiger partial charge on any atom is -0.434 e. The van der Waals surface area contributed by atoms with Crippen LogP contribution in [0.15, 0.2) is 48.5 Å². The standard InChI is InChI=1S/C21H21ClN2O5/c1-2-28-21(27)29-18-9-5-16(6-10-18)20(26)24-13-11-23(12-14-24)19(25)15-3-7-17(22)8-4-15/h3-10H,2,11-14H2,1H3. The summed E-state index contributed by atoms with van der Waals surface area (Å²) in [6.45, 7) is 3.71. The minimum atomic E-state index is -0.784. The summed E-state index contributed by atoms with van der Waals surface area (Å²) in [7, 11) is 0. The SMILES string of the molecule is CCOC(=O)Oc1ccc(C(=O)N2CCN(C(=O)c3ccc(Cl)cc3)CC2)cc1. The molecule has 0 unspecified atom stereocenters. The Bertz CT molecular complexity index is 875. The molecule has 0 saturated carbocycles. The molecule has 1 aliphatic heterocycles. The third kappa shape index (κ3) is 5.26. The number of halogens is 1. The largest absolute Gasteiger partial charge is 0.513 e. The molecule has 8 heteroatoms. The first kappa shape index (κ1) is 20.7. The molecule has 0 aromatic heterocycles. The van der Waals surface area contributed by atoms with Crippen LogP contribution in [0, 0.1) is 0 Å². The number of hydrogen-bond acceptors (Lipinski definition) is 5. The van der Waals surface area contributed by atoms with Crippen LogP contribution < -0.4 is 4.74 Å². The number of benzene rings is 2. The summed E-state index contributed by atoms with van der Waals surface area (Å²) in [6.07, 6.45) is -0.784. The zero-order chi connectivity index (χ0) is 20.8. The van der Waals surface area contributed by atoms with Crippen molar-refractivity contribution in [3.63, 3.8) is 0 Å². The van der Waals surface area contributed by atoms with E-state index in [4.69, 9.17) is 21.1 Å². The van der Waals surface area contributed by atoms with Gasteiger partial charge in [0.25, 0.3) is 11.8 Å². The molecule has 7 nitrogen and oxygen atoms in total. The lowest BCUT2D eigenvalue weighted by Gasteiger charge is -2.35. The number of hydrogen-bond donors (Lipinski definition) is 0. The first-order valence-electron chi connectivity index (χ1n) is 9.26. The van der Waals surface area contributed by atoms with E-state index in [0.717, 1.165) is 0 Å². The molecule has 1 saturated heterocycles. The number of carbonyl (C=O) groups is 3. The summed E-state index contributed by atoms with van der Waals surface area (Å²) >= 11 is 5.86. The summed E-state index contributed by atoms with van der Waals surface area (Å²) in [4.78, 5) is 40.0. The summed E-state index contributed by atoms with van der Waals surface area (Å²) in [5.74, 6) is 0.0962. The van der Waals surface area contributed by atoms with Crippen molar-refractivity contribution < 1.29 is 23.9 Å². The summed E-state index contributed by atoms with van der Waals surface area (Å²) in [6, 6.07) is 13.1. The maximum absolute atomic E-state index is 12.7. The molecule has 3 rings (SSSR count). The summed E-state index contributed by atoms with van der Waals surface area (Å²) < 4.78 is 9.70. The molecule has 1 aliphatic rings. The molecule has 152 valence electrons. The molecular weight excluding hydrogens is 396 g/mol. The molecule has 1 fully saturated rings. The van der Waals surface area contributed by atoms with Gasteiger partial charge in [0.1, 0.15) is 5.75 Å². The van der Waals surface area contributed by atoms with Crippen molar-refractivity contribution >= 4 is 29.6 Å². The number of carbonyl (C=O) groups excluding carboxylic acids is 3. The van der Waals surface area contributed by atoms with Gasteiger partial charge < -0.3 is 19.3 Å². The van der Waals surface area contributed by atoms with Gasteiger partial charge in [-0.15, -0.1) is 0 Å². The van der Waals surface area contributed by atoms with E-state index in [2.05, 4.69) is 0 Å². The van der Waals surface area contributed by atoms with Crippen LogP contribution in [0.3, 0.4) is 0 Å².